The van der Waals surface area contributed by atoms with Crippen molar-refractivity contribution < 1.29 is 0 Å². The van der Waals surface area contributed by atoms with Crippen LogP contribution in [0.3, 0.4) is 0 Å². The van der Waals surface area contributed by atoms with Crippen LogP contribution in [0.2, 0.25) is 0 Å². The molecular formula is C15H21N3. The molecule has 1 aliphatic carbocycles. The molecule has 1 N–H and O–H groups in total. The Labute approximate surface area is 109 Å². The van der Waals surface area contributed by atoms with E-state index in [1.54, 1.807) is 0 Å². The van der Waals surface area contributed by atoms with Crippen molar-refractivity contribution in [1.29, 1.82) is 5.26 Å². The standard InChI is InChI=1S/C15H21N3/c1-12-7-8-13(10-17-12)11-18-15-6-4-2-3-5-14(15)9-16/h7-8,10,14-15,18H,2-6,11H2,1H3. The minimum Gasteiger partial charge on any atom is -0.309 e. The lowest BCUT2D eigenvalue weighted by atomic mass is 9.96. The zero-order valence-corrected chi connectivity index (χ0v) is 11.0. The van der Waals surface area contributed by atoms with Gasteiger partial charge in [0.1, 0.15) is 0 Å². The molecule has 0 aromatic carbocycles. The lowest BCUT2D eigenvalue weighted by Crippen LogP contribution is -2.34. The Morgan fingerprint density at radius 2 is 2.17 bits per heavy atom. The van der Waals surface area contributed by atoms with Crippen molar-refractivity contribution in [3.8, 4) is 6.07 Å². The molecule has 1 saturated carbocycles. The zero-order chi connectivity index (χ0) is 12.8. The number of aromatic nitrogens is 1. The monoisotopic (exact) mass is 243 g/mol. The molecule has 0 amide bonds. The molecule has 0 aliphatic heterocycles. The second-order valence-corrected chi connectivity index (χ2v) is 5.17. The van der Waals surface area contributed by atoms with Gasteiger partial charge in [-0.15, -0.1) is 0 Å². The van der Waals surface area contributed by atoms with Crippen molar-refractivity contribution in [2.45, 2.75) is 51.6 Å². The van der Waals surface area contributed by atoms with Crippen LogP contribution in [0.4, 0.5) is 0 Å². The minimum absolute atomic E-state index is 0.172. The summed E-state index contributed by atoms with van der Waals surface area (Å²) >= 11 is 0. The molecule has 2 rings (SSSR count). The molecule has 1 heterocycles. The first-order valence-electron chi connectivity index (χ1n) is 6.84. The lowest BCUT2D eigenvalue weighted by molar-refractivity contribution is 0.393. The maximum absolute atomic E-state index is 9.22. The van der Waals surface area contributed by atoms with Crippen molar-refractivity contribution >= 4 is 0 Å². The van der Waals surface area contributed by atoms with E-state index in [1.165, 1.54) is 24.8 Å². The van der Waals surface area contributed by atoms with E-state index in [0.29, 0.717) is 6.04 Å². The second-order valence-electron chi connectivity index (χ2n) is 5.17. The Morgan fingerprint density at radius 3 is 2.89 bits per heavy atom. The molecule has 18 heavy (non-hydrogen) atoms. The van der Waals surface area contributed by atoms with E-state index in [0.717, 1.165) is 25.1 Å². The first kappa shape index (κ1) is 13.0. The van der Waals surface area contributed by atoms with Gasteiger partial charge in [-0.2, -0.15) is 5.26 Å². The third-order valence-electron chi connectivity index (χ3n) is 3.72. The van der Waals surface area contributed by atoms with Crippen LogP contribution in [0.15, 0.2) is 18.3 Å². The molecule has 3 nitrogen and oxygen atoms in total. The van der Waals surface area contributed by atoms with Crippen molar-refractivity contribution in [1.82, 2.24) is 10.3 Å². The van der Waals surface area contributed by atoms with E-state index in [4.69, 9.17) is 0 Å². The van der Waals surface area contributed by atoms with Crippen molar-refractivity contribution in [2.24, 2.45) is 5.92 Å². The smallest absolute Gasteiger partial charge is 0.0672 e. The lowest BCUT2D eigenvalue weighted by Gasteiger charge is -2.20. The minimum atomic E-state index is 0.172. The van der Waals surface area contributed by atoms with Crippen molar-refractivity contribution in [2.75, 3.05) is 0 Å². The molecule has 1 aliphatic rings. The largest absolute Gasteiger partial charge is 0.309 e. The van der Waals surface area contributed by atoms with Crippen molar-refractivity contribution in [3.05, 3.63) is 29.6 Å². The molecule has 0 radical (unpaired) electrons. The Balaban J connectivity index is 1.91. The summed E-state index contributed by atoms with van der Waals surface area (Å²) in [5, 5.41) is 12.8. The summed E-state index contributed by atoms with van der Waals surface area (Å²) in [6.45, 7) is 2.81. The molecule has 96 valence electrons. The zero-order valence-electron chi connectivity index (χ0n) is 11.0. The SMILES string of the molecule is Cc1ccc(CNC2CCCCCC2C#N)cn1. The van der Waals surface area contributed by atoms with E-state index < -0.39 is 0 Å². The van der Waals surface area contributed by atoms with Gasteiger partial charge < -0.3 is 5.32 Å². The maximum atomic E-state index is 9.22. The molecule has 0 spiro atoms. The fraction of sp³-hybridized carbons (Fsp3) is 0.600. The quantitative estimate of drug-likeness (QED) is 0.830. The van der Waals surface area contributed by atoms with E-state index in [-0.39, 0.29) is 5.92 Å². The van der Waals surface area contributed by atoms with Gasteiger partial charge in [0, 0.05) is 24.5 Å². The van der Waals surface area contributed by atoms with Crippen LogP contribution < -0.4 is 5.32 Å². The van der Waals surface area contributed by atoms with Gasteiger partial charge in [-0.1, -0.05) is 25.3 Å². The van der Waals surface area contributed by atoms with Gasteiger partial charge in [0.2, 0.25) is 0 Å². The maximum Gasteiger partial charge on any atom is 0.0672 e. The normalized spacial score (nSPS) is 24.2. The first-order chi connectivity index (χ1) is 8.79. The van der Waals surface area contributed by atoms with Crippen LogP contribution in [-0.2, 0) is 6.54 Å². The molecule has 1 aromatic heterocycles. The second kappa shape index (κ2) is 6.51. The van der Waals surface area contributed by atoms with E-state index in [2.05, 4.69) is 22.4 Å². The third kappa shape index (κ3) is 3.54. The van der Waals surface area contributed by atoms with Crippen LogP contribution in [-0.4, -0.2) is 11.0 Å². The number of nitrogens with zero attached hydrogens (tertiary/aromatic N) is 2. The van der Waals surface area contributed by atoms with Crippen molar-refractivity contribution in [3.63, 3.8) is 0 Å². The van der Waals surface area contributed by atoms with Crippen LogP contribution in [0.5, 0.6) is 0 Å². The molecule has 0 saturated heterocycles. The molecule has 3 heteroatoms. The summed E-state index contributed by atoms with van der Waals surface area (Å²) in [4.78, 5) is 4.30. The highest BCUT2D eigenvalue weighted by molar-refractivity contribution is 5.13. The fourth-order valence-corrected chi connectivity index (χ4v) is 2.56. The highest BCUT2D eigenvalue weighted by atomic mass is 14.9. The van der Waals surface area contributed by atoms with Crippen LogP contribution >= 0.6 is 0 Å². The number of rotatable bonds is 3. The molecule has 0 bridgehead atoms. The van der Waals surface area contributed by atoms with Gasteiger partial charge in [-0.25, -0.2) is 0 Å². The predicted molar refractivity (Wildman–Crippen MR) is 71.8 cm³/mol. The van der Waals surface area contributed by atoms with E-state index in [9.17, 15) is 5.26 Å². The first-order valence-corrected chi connectivity index (χ1v) is 6.84. The fourth-order valence-electron chi connectivity index (χ4n) is 2.56. The number of aryl methyl sites for hydroxylation is 1. The van der Waals surface area contributed by atoms with Crippen LogP contribution in [0.1, 0.15) is 43.4 Å². The Kier molecular flexibility index (Phi) is 4.72. The number of pyridine rings is 1. The topological polar surface area (TPSA) is 48.7 Å². The summed E-state index contributed by atoms with van der Waals surface area (Å²) in [6, 6.07) is 6.95. The van der Waals surface area contributed by atoms with Crippen LogP contribution in [0, 0.1) is 24.2 Å². The Hall–Kier alpha value is -1.40. The summed E-state index contributed by atoms with van der Waals surface area (Å²) in [5.41, 5.74) is 2.24. The van der Waals surface area contributed by atoms with Gasteiger partial charge in [-0.05, 0) is 31.4 Å². The van der Waals surface area contributed by atoms with Gasteiger partial charge >= 0.3 is 0 Å². The summed E-state index contributed by atoms with van der Waals surface area (Å²) in [5.74, 6) is 0.172. The summed E-state index contributed by atoms with van der Waals surface area (Å²) in [7, 11) is 0. The average molecular weight is 243 g/mol. The summed E-state index contributed by atoms with van der Waals surface area (Å²) < 4.78 is 0. The molecule has 2 unspecified atom stereocenters. The predicted octanol–water partition coefficient (Wildman–Crippen LogP) is 2.95. The van der Waals surface area contributed by atoms with E-state index in [1.807, 2.05) is 19.2 Å². The number of nitriles is 1. The van der Waals surface area contributed by atoms with Gasteiger partial charge in [0.25, 0.3) is 0 Å². The summed E-state index contributed by atoms with van der Waals surface area (Å²) in [6.07, 6.45) is 7.78. The molecule has 2 atom stereocenters. The van der Waals surface area contributed by atoms with E-state index >= 15 is 0 Å². The van der Waals surface area contributed by atoms with Crippen LogP contribution in [0.25, 0.3) is 0 Å². The van der Waals surface area contributed by atoms with Gasteiger partial charge in [0.15, 0.2) is 0 Å². The highest BCUT2D eigenvalue weighted by Gasteiger charge is 2.22. The number of hydrogen-bond donors (Lipinski definition) is 1. The Morgan fingerprint density at radius 1 is 1.33 bits per heavy atom. The van der Waals surface area contributed by atoms with Gasteiger partial charge in [-0.3, -0.25) is 4.98 Å². The molecule has 1 fully saturated rings. The molecule has 1 aromatic rings. The number of nitrogens with one attached hydrogen (secondary N) is 1. The molecular weight excluding hydrogens is 222 g/mol. The number of hydrogen-bond acceptors (Lipinski definition) is 3. The third-order valence-corrected chi connectivity index (χ3v) is 3.72. The Bertz CT molecular complexity index is 405. The average Bonchev–Trinajstić information content (AvgIpc) is 2.63. The van der Waals surface area contributed by atoms with Gasteiger partial charge in [0.05, 0.1) is 12.0 Å². The highest BCUT2D eigenvalue weighted by Crippen LogP contribution is 2.23.